The molecule has 6 heteroatoms. The van der Waals surface area contributed by atoms with E-state index in [1.807, 2.05) is 38.1 Å². The van der Waals surface area contributed by atoms with Gasteiger partial charge < -0.3 is 19.0 Å². The maximum absolute atomic E-state index is 12.3. The fourth-order valence-corrected chi connectivity index (χ4v) is 4.21. The maximum atomic E-state index is 12.3. The van der Waals surface area contributed by atoms with E-state index in [0.717, 1.165) is 20.7 Å². The van der Waals surface area contributed by atoms with Crippen LogP contribution < -0.4 is 5.63 Å². The van der Waals surface area contributed by atoms with E-state index in [1.165, 1.54) is 11.3 Å². The van der Waals surface area contributed by atoms with Gasteiger partial charge in [0.1, 0.15) is 11.9 Å². The van der Waals surface area contributed by atoms with E-state index < -0.39 is 18.0 Å². The lowest BCUT2D eigenvalue weighted by Gasteiger charge is -2.15. The van der Waals surface area contributed by atoms with Gasteiger partial charge >= 0.3 is 5.63 Å². The molecule has 2 atom stereocenters. The van der Waals surface area contributed by atoms with Gasteiger partial charge in [-0.1, -0.05) is 18.2 Å². The number of ether oxygens (including phenoxy) is 2. The standard InChI is InChI=1S/C20H20O5S/c1-11(21)17-16(12-6-4-5-7-13(12)18(22)24-17)14-8-9-15(26-14)19-23-10-20(2,3)25-19/h4-9,11,19,21H,10H2,1-3H3. The van der Waals surface area contributed by atoms with Crippen molar-refractivity contribution in [3.8, 4) is 10.4 Å². The van der Waals surface area contributed by atoms with Gasteiger partial charge in [0.2, 0.25) is 0 Å². The van der Waals surface area contributed by atoms with Gasteiger partial charge in [-0.25, -0.2) is 4.79 Å². The third-order valence-electron chi connectivity index (χ3n) is 4.36. The molecule has 3 aromatic rings. The highest BCUT2D eigenvalue weighted by molar-refractivity contribution is 7.15. The van der Waals surface area contributed by atoms with Crippen molar-refractivity contribution >= 4 is 22.1 Å². The highest BCUT2D eigenvalue weighted by atomic mass is 32.1. The molecule has 2 aromatic heterocycles. The van der Waals surface area contributed by atoms with Crippen molar-refractivity contribution in [3.63, 3.8) is 0 Å². The van der Waals surface area contributed by atoms with Crippen LogP contribution in [0.25, 0.3) is 21.2 Å². The van der Waals surface area contributed by atoms with Gasteiger partial charge in [0.25, 0.3) is 0 Å². The van der Waals surface area contributed by atoms with Crippen LogP contribution >= 0.6 is 11.3 Å². The van der Waals surface area contributed by atoms with Gasteiger partial charge in [-0.15, -0.1) is 11.3 Å². The van der Waals surface area contributed by atoms with Crippen molar-refractivity contribution in [2.24, 2.45) is 0 Å². The van der Waals surface area contributed by atoms with Crippen molar-refractivity contribution in [2.75, 3.05) is 6.61 Å². The molecule has 0 radical (unpaired) electrons. The molecule has 5 nitrogen and oxygen atoms in total. The Morgan fingerprint density at radius 2 is 1.92 bits per heavy atom. The summed E-state index contributed by atoms with van der Waals surface area (Å²) in [6.45, 7) is 6.11. The largest absolute Gasteiger partial charge is 0.424 e. The van der Waals surface area contributed by atoms with Crippen molar-refractivity contribution in [1.82, 2.24) is 0 Å². The molecule has 26 heavy (non-hydrogen) atoms. The molecule has 1 aliphatic rings. The normalized spacial score (nSPS) is 20.5. The van der Waals surface area contributed by atoms with E-state index in [4.69, 9.17) is 13.9 Å². The number of benzene rings is 1. The SMILES string of the molecule is CC(O)c1oc(=O)c2ccccc2c1-c1ccc(C2OCC(C)(C)O2)s1. The first-order chi connectivity index (χ1) is 12.4. The quantitative estimate of drug-likeness (QED) is 0.738. The summed E-state index contributed by atoms with van der Waals surface area (Å²) in [4.78, 5) is 14.1. The molecule has 1 aliphatic heterocycles. The average molecular weight is 372 g/mol. The lowest BCUT2D eigenvalue weighted by Crippen LogP contribution is -2.21. The summed E-state index contributed by atoms with van der Waals surface area (Å²) < 4.78 is 17.1. The van der Waals surface area contributed by atoms with Crippen LogP contribution in [-0.2, 0) is 9.47 Å². The molecule has 1 N–H and O–H groups in total. The molecule has 136 valence electrons. The van der Waals surface area contributed by atoms with E-state index in [-0.39, 0.29) is 11.4 Å². The van der Waals surface area contributed by atoms with Crippen molar-refractivity contribution in [3.05, 3.63) is 57.5 Å². The van der Waals surface area contributed by atoms with Gasteiger partial charge in [0.15, 0.2) is 6.29 Å². The third-order valence-corrected chi connectivity index (χ3v) is 5.48. The number of hydrogen-bond acceptors (Lipinski definition) is 6. The molecule has 2 unspecified atom stereocenters. The lowest BCUT2D eigenvalue weighted by atomic mass is 10.0. The molecule has 1 aromatic carbocycles. The minimum atomic E-state index is -0.897. The lowest BCUT2D eigenvalue weighted by molar-refractivity contribution is -0.0788. The van der Waals surface area contributed by atoms with E-state index in [2.05, 4.69) is 0 Å². The van der Waals surface area contributed by atoms with Gasteiger partial charge in [-0.3, -0.25) is 0 Å². The molecule has 0 aliphatic carbocycles. The summed E-state index contributed by atoms with van der Waals surface area (Å²) >= 11 is 1.51. The Kier molecular flexibility index (Phi) is 4.23. The molecule has 1 saturated heterocycles. The van der Waals surface area contributed by atoms with Gasteiger partial charge in [0.05, 0.1) is 22.5 Å². The zero-order valence-electron chi connectivity index (χ0n) is 14.8. The molecule has 0 bridgehead atoms. The van der Waals surface area contributed by atoms with E-state index in [9.17, 15) is 9.90 Å². The zero-order chi connectivity index (χ0) is 18.5. The predicted octanol–water partition coefficient (Wildman–Crippen LogP) is 4.40. The first-order valence-electron chi connectivity index (χ1n) is 8.49. The van der Waals surface area contributed by atoms with Crippen LogP contribution in [0.1, 0.15) is 43.8 Å². The minimum absolute atomic E-state index is 0.274. The Morgan fingerprint density at radius 3 is 2.58 bits per heavy atom. The highest BCUT2D eigenvalue weighted by Gasteiger charge is 2.34. The van der Waals surface area contributed by atoms with Crippen LogP contribution in [0.2, 0.25) is 0 Å². The topological polar surface area (TPSA) is 68.9 Å². The number of aliphatic hydroxyl groups excluding tert-OH is 1. The van der Waals surface area contributed by atoms with Crippen molar-refractivity contribution < 1.29 is 19.0 Å². The van der Waals surface area contributed by atoms with Crippen LogP contribution in [0.5, 0.6) is 0 Å². The second kappa shape index (κ2) is 6.32. The Balaban J connectivity index is 1.86. The number of thiophene rings is 1. The second-order valence-corrected chi connectivity index (χ2v) is 8.19. The number of hydrogen-bond donors (Lipinski definition) is 1. The molecular formula is C20H20O5S. The molecule has 0 amide bonds. The fraction of sp³-hybridized carbons (Fsp3) is 0.350. The molecule has 4 rings (SSSR count). The Bertz CT molecular complexity index is 1010. The van der Waals surface area contributed by atoms with Gasteiger partial charge in [-0.05, 0) is 39.0 Å². The maximum Gasteiger partial charge on any atom is 0.343 e. The third kappa shape index (κ3) is 2.99. The summed E-state index contributed by atoms with van der Waals surface area (Å²) in [5.41, 5.74) is -0.0174. The molecule has 0 saturated carbocycles. The van der Waals surface area contributed by atoms with Crippen molar-refractivity contribution in [2.45, 2.75) is 38.8 Å². The van der Waals surface area contributed by atoms with Gasteiger partial charge in [-0.2, -0.15) is 0 Å². The van der Waals surface area contributed by atoms with Crippen LogP contribution in [0.4, 0.5) is 0 Å². The van der Waals surface area contributed by atoms with E-state index >= 15 is 0 Å². The van der Waals surface area contributed by atoms with Crippen LogP contribution in [0.3, 0.4) is 0 Å². The van der Waals surface area contributed by atoms with Crippen molar-refractivity contribution in [1.29, 1.82) is 0 Å². The van der Waals surface area contributed by atoms with Crippen LogP contribution in [-0.4, -0.2) is 17.3 Å². The summed E-state index contributed by atoms with van der Waals surface area (Å²) in [5, 5.41) is 11.4. The Hall–Kier alpha value is -1.99. The zero-order valence-corrected chi connectivity index (χ0v) is 15.6. The first kappa shape index (κ1) is 17.4. The summed E-state index contributed by atoms with van der Waals surface area (Å²) in [6, 6.07) is 11.2. The predicted molar refractivity (Wildman–Crippen MR) is 100 cm³/mol. The monoisotopic (exact) mass is 372 g/mol. The molecule has 1 fully saturated rings. The van der Waals surface area contributed by atoms with E-state index in [1.54, 1.807) is 19.1 Å². The summed E-state index contributed by atoms with van der Waals surface area (Å²) in [6.07, 6.45) is -1.30. The summed E-state index contributed by atoms with van der Waals surface area (Å²) in [5.74, 6) is 0.274. The Labute approximate surface area is 154 Å². The molecule has 3 heterocycles. The molecule has 0 spiro atoms. The smallest absolute Gasteiger partial charge is 0.343 e. The van der Waals surface area contributed by atoms with Crippen LogP contribution in [0, 0.1) is 0 Å². The highest BCUT2D eigenvalue weighted by Crippen LogP contribution is 2.42. The average Bonchev–Trinajstić information content (AvgIpc) is 3.21. The number of rotatable bonds is 3. The summed E-state index contributed by atoms with van der Waals surface area (Å²) in [7, 11) is 0. The Morgan fingerprint density at radius 1 is 1.19 bits per heavy atom. The fourth-order valence-electron chi connectivity index (χ4n) is 3.15. The van der Waals surface area contributed by atoms with Gasteiger partial charge in [0, 0.05) is 15.8 Å². The number of fused-ring (bicyclic) bond motifs is 1. The van der Waals surface area contributed by atoms with E-state index in [0.29, 0.717) is 12.0 Å². The molecular weight excluding hydrogens is 352 g/mol. The first-order valence-corrected chi connectivity index (χ1v) is 9.31. The second-order valence-electron chi connectivity index (χ2n) is 7.07. The number of aliphatic hydroxyl groups is 1. The minimum Gasteiger partial charge on any atom is -0.424 e. The van der Waals surface area contributed by atoms with Crippen LogP contribution in [0.15, 0.2) is 45.6 Å².